The Kier molecular flexibility index (Phi) is 4.29. The van der Waals surface area contributed by atoms with Crippen molar-refractivity contribution in [1.82, 2.24) is 9.62 Å². The highest BCUT2D eigenvalue weighted by atomic mass is 32.2. The summed E-state index contributed by atoms with van der Waals surface area (Å²) in [6.45, 7) is 1.56. The molecule has 1 aromatic carbocycles. The van der Waals surface area contributed by atoms with Gasteiger partial charge in [-0.2, -0.15) is 4.31 Å². The van der Waals surface area contributed by atoms with Gasteiger partial charge in [-0.3, -0.25) is 0 Å². The number of hydrogen-bond donors (Lipinski definition) is 1. The fourth-order valence-electron chi connectivity index (χ4n) is 3.51. The molecule has 7 heteroatoms. The summed E-state index contributed by atoms with van der Waals surface area (Å²) in [4.78, 5) is 0.138. The van der Waals surface area contributed by atoms with Crippen LogP contribution in [0.25, 0.3) is 0 Å². The highest BCUT2D eigenvalue weighted by molar-refractivity contribution is 7.89. The van der Waals surface area contributed by atoms with Gasteiger partial charge in [-0.1, -0.05) is 6.07 Å². The minimum absolute atomic E-state index is 0.00659. The third-order valence-electron chi connectivity index (χ3n) is 4.51. The van der Waals surface area contributed by atoms with Crippen LogP contribution in [0.2, 0.25) is 0 Å². The van der Waals surface area contributed by atoms with Crippen LogP contribution < -0.4 is 14.8 Å². The number of ether oxygens (including phenoxy) is 2. The molecule has 0 aliphatic carbocycles. The topological polar surface area (TPSA) is 67.9 Å². The van der Waals surface area contributed by atoms with E-state index >= 15 is 0 Å². The summed E-state index contributed by atoms with van der Waals surface area (Å²) < 4.78 is 38.8. The van der Waals surface area contributed by atoms with Gasteiger partial charge in [-0.15, -0.1) is 0 Å². The van der Waals surface area contributed by atoms with Crippen LogP contribution in [0.3, 0.4) is 0 Å². The molecule has 2 saturated heterocycles. The molecule has 6 nitrogen and oxygen atoms in total. The minimum atomic E-state index is -3.66. The Morgan fingerprint density at radius 2 is 1.73 bits per heavy atom. The average molecular weight is 326 g/mol. The van der Waals surface area contributed by atoms with Crippen molar-refractivity contribution in [3.05, 3.63) is 18.2 Å². The smallest absolute Gasteiger partial charge is 0.251 e. The van der Waals surface area contributed by atoms with E-state index in [1.54, 1.807) is 22.5 Å². The lowest BCUT2D eigenvalue weighted by molar-refractivity contribution is 0.325. The van der Waals surface area contributed by atoms with Crippen LogP contribution in [-0.2, 0) is 10.0 Å². The predicted octanol–water partition coefficient (Wildman–Crippen LogP) is 1.22. The van der Waals surface area contributed by atoms with E-state index in [2.05, 4.69) is 5.32 Å². The lowest BCUT2D eigenvalue weighted by atomic mass is 10.1. The average Bonchev–Trinajstić information content (AvgIpc) is 2.80. The molecule has 2 fully saturated rings. The van der Waals surface area contributed by atoms with Gasteiger partial charge in [0, 0.05) is 18.6 Å². The van der Waals surface area contributed by atoms with Crippen LogP contribution in [0.15, 0.2) is 23.1 Å². The predicted molar refractivity (Wildman–Crippen MR) is 82.9 cm³/mol. The molecule has 1 aromatic rings. The van der Waals surface area contributed by atoms with Crippen LogP contribution in [0.4, 0.5) is 0 Å². The quantitative estimate of drug-likeness (QED) is 0.901. The highest BCUT2D eigenvalue weighted by Crippen LogP contribution is 2.40. The van der Waals surface area contributed by atoms with E-state index < -0.39 is 10.0 Å². The number of fused-ring (bicyclic) bond motifs is 2. The van der Waals surface area contributed by atoms with Crippen molar-refractivity contribution in [3.63, 3.8) is 0 Å². The number of sulfonamides is 1. The molecule has 2 bridgehead atoms. The molecular weight excluding hydrogens is 304 g/mol. The molecule has 2 heterocycles. The third-order valence-corrected chi connectivity index (χ3v) is 6.57. The van der Waals surface area contributed by atoms with E-state index in [9.17, 15) is 8.42 Å². The molecule has 2 aliphatic heterocycles. The van der Waals surface area contributed by atoms with Gasteiger partial charge in [0.15, 0.2) is 4.90 Å². The maximum absolute atomic E-state index is 13.3. The molecule has 0 radical (unpaired) electrons. The van der Waals surface area contributed by atoms with Crippen LogP contribution in [0.5, 0.6) is 11.5 Å². The van der Waals surface area contributed by atoms with Crippen molar-refractivity contribution >= 4 is 10.0 Å². The Hall–Kier alpha value is -1.31. The molecule has 122 valence electrons. The maximum atomic E-state index is 13.3. The van der Waals surface area contributed by atoms with Gasteiger partial charge in [0.1, 0.15) is 11.5 Å². The van der Waals surface area contributed by atoms with E-state index in [1.807, 2.05) is 0 Å². The van der Waals surface area contributed by atoms with Crippen molar-refractivity contribution < 1.29 is 17.9 Å². The summed E-state index contributed by atoms with van der Waals surface area (Å²) >= 11 is 0. The van der Waals surface area contributed by atoms with E-state index in [4.69, 9.17) is 9.47 Å². The largest absolute Gasteiger partial charge is 0.495 e. The summed E-state index contributed by atoms with van der Waals surface area (Å²) in [7, 11) is -0.706. The normalized spacial score (nSPS) is 25.7. The molecule has 0 saturated carbocycles. The van der Waals surface area contributed by atoms with Gasteiger partial charge in [0.2, 0.25) is 0 Å². The van der Waals surface area contributed by atoms with Crippen LogP contribution >= 0.6 is 0 Å². The van der Waals surface area contributed by atoms with E-state index in [0.29, 0.717) is 18.0 Å². The molecule has 1 N–H and O–H groups in total. The van der Waals surface area contributed by atoms with Gasteiger partial charge in [-0.25, -0.2) is 8.42 Å². The molecule has 22 heavy (non-hydrogen) atoms. The maximum Gasteiger partial charge on any atom is 0.251 e. The van der Waals surface area contributed by atoms with Crippen molar-refractivity contribution in [1.29, 1.82) is 0 Å². The lowest BCUT2D eigenvalue weighted by Gasteiger charge is -2.28. The Bertz CT molecular complexity index is 611. The second kappa shape index (κ2) is 6.06. The first kappa shape index (κ1) is 15.6. The Morgan fingerprint density at radius 3 is 2.36 bits per heavy atom. The van der Waals surface area contributed by atoms with Crippen LogP contribution in [-0.4, -0.2) is 52.1 Å². The molecule has 3 rings (SSSR count). The molecule has 2 unspecified atom stereocenters. The fraction of sp³-hybridized carbons (Fsp3) is 0.600. The van der Waals surface area contributed by atoms with Crippen LogP contribution in [0, 0.1) is 0 Å². The summed E-state index contributed by atoms with van der Waals surface area (Å²) in [5, 5.41) is 3.32. The second-order valence-corrected chi connectivity index (χ2v) is 7.48. The van der Waals surface area contributed by atoms with E-state index in [0.717, 1.165) is 25.8 Å². The zero-order valence-corrected chi connectivity index (χ0v) is 13.7. The summed E-state index contributed by atoms with van der Waals surface area (Å²) in [6.07, 6.45) is 2.66. The first-order valence-electron chi connectivity index (χ1n) is 7.55. The first-order valence-corrected chi connectivity index (χ1v) is 8.99. The Morgan fingerprint density at radius 1 is 1.09 bits per heavy atom. The van der Waals surface area contributed by atoms with Crippen molar-refractivity contribution in [3.8, 4) is 11.5 Å². The summed E-state index contributed by atoms with van der Waals surface area (Å²) in [6, 6.07) is 5.11. The number of nitrogens with zero attached hydrogens (tertiary/aromatic N) is 1. The molecule has 0 aromatic heterocycles. The zero-order valence-electron chi connectivity index (χ0n) is 12.9. The minimum Gasteiger partial charge on any atom is -0.495 e. The van der Waals surface area contributed by atoms with Crippen LogP contribution in [0.1, 0.15) is 19.3 Å². The standard InChI is InChI=1S/C15H22N2O4S/c1-20-13-4-3-5-14(21-2)15(13)22(18,19)17-11-6-7-12(17)10-16-9-8-11/h3-5,11-12,16H,6-10H2,1-2H3. The number of methoxy groups -OCH3 is 2. The molecule has 2 atom stereocenters. The zero-order chi connectivity index (χ0) is 15.7. The number of hydrogen-bond acceptors (Lipinski definition) is 5. The lowest BCUT2D eigenvalue weighted by Crippen LogP contribution is -2.42. The monoisotopic (exact) mass is 326 g/mol. The van der Waals surface area contributed by atoms with E-state index in [1.165, 1.54) is 14.2 Å². The van der Waals surface area contributed by atoms with Crippen molar-refractivity contribution in [2.24, 2.45) is 0 Å². The fourth-order valence-corrected chi connectivity index (χ4v) is 5.71. The molecular formula is C15H22N2O4S. The number of nitrogens with one attached hydrogen (secondary N) is 1. The Balaban J connectivity index is 2.10. The van der Waals surface area contributed by atoms with Crippen molar-refractivity contribution in [2.75, 3.05) is 27.3 Å². The summed E-state index contributed by atoms with van der Waals surface area (Å²) in [5.74, 6) is 0.659. The number of benzene rings is 1. The summed E-state index contributed by atoms with van der Waals surface area (Å²) in [5.41, 5.74) is 0. The SMILES string of the molecule is COc1cccc(OC)c1S(=O)(=O)N1C2CCNCC1CC2. The van der Waals surface area contributed by atoms with E-state index in [-0.39, 0.29) is 17.0 Å². The van der Waals surface area contributed by atoms with Gasteiger partial charge in [0.05, 0.1) is 14.2 Å². The van der Waals surface area contributed by atoms with Crippen molar-refractivity contribution in [2.45, 2.75) is 36.2 Å². The van der Waals surface area contributed by atoms with Gasteiger partial charge in [-0.05, 0) is 37.9 Å². The van der Waals surface area contributed by atoms with Gasteiger partial charge < -0.3 is 14.8 Å². The number of rotatable bonds is 4. The van der Waals surface area contributed by atoms with Gasteiger partial charge in [0.25, 0.3) is 10.0 Å². The molecule has 0 amide bonds. The van der Waals surface area contributed by atoms with Gasteiger partial charge >= 0.3 is 0 Å². The second-order valence-electron chi connectivity index (χ2n) is 5.70. The Labute approximate surface area is 131 Å². The molecule has 0 spiro atoms. The first-order chi connectivity index (χ1) is 10.6. The molecule has 2 aliphatic rings. The third kappa shape index (κ3) is 2.47. The highest BCUT2D eigenvalue weighted by Gasteiger charge is 2.45.